The molecule has 1 aliphatic rings. The maximum atomic E-state index is 10.6. The van der Waals surface area contributed by atoms with Crippen molar-refractivity contribution in [3.8, 4) is 0 Å². The van der Waals surface area contributed by atoms with Gasteiger partial charge in [-0.3, -0.25) is 0 Å². The summed E-state index contributed by atoms with van der Waals surface area (Å²) in [6.45, 7) is 8.37. The lowest BCUT2D eigenvalue weighted by atomic mass is 9.74. The smallest absolute Gasteiger partial charge is 0.0797 e. The summed E-state index contributed by atoms with van der Waals surface area (Å²) in [6.07, 6.45) is 6.30. The molecule has 0 spiro atoms. The minimum Gasteiger partial charge on any atom is -0.388 e. The summed E-state index contributed by atoms with van der Waals surface area (Å²) in [5, 5.41) is 14.0. The van der Waals surface area contributed by atoms with E-state index >= 15 is 0 Å². The van der Waals surface area contributed by atoms with Crippen molar-refractivity contribution < 1.29 is 5.11 Å². The molecule has 0 aliphatic heterocycles. The zero-order chi connectivity index (χ0) is 11.5. The molecular formula is C13H27NO. The molecule has 0 bridgehead atoms. The van der Waals surface area contributed by atoms with E-state index in [9.17, 15) is 5.11 Å². The van der Waals surface area contributed by atoms with Crippen molar-refractivity contribution in [3.05, 3.63) is 0 Å². The van der Waals surface area contributed by atoms with Gasteiger partial charge in [0.15, 0.2) is 0 Å². The summed E-state index contributed by atoms with van der Waals surface area (Å²) in [6, 6.07) is 0.621. The van der Waals surface area contributed by atoms with Gasteiger partial charge in [0.1, 0.15) is 0 Å². The van der Waals surface area contributed by atoms with Gasteiger partial charge < -0.3 is 10.4 Å². The molecule has 1 aliphatic carbocycles. The first-order chi connectivity index (χ1) is 6.94. The zero-order valence-electron chi connectivity index (χ0n) is 10.7. The predicted octanol–water partition coefficient (Wildman–Crippen LogP) is 2.70. The summed E-state index contributed by atoms with van der Waals surface area (Å²) in [4.78, 5) is 0. The van der Waals surface area contributed by atoms with Crippen LogP contribution in [0.4, 0.5) is 0 Å². The van der Waals surface area contributed by atoms with Crippen molar-refractivity contribution in [1.82, 2.24) is 5.32 Å². The van der Waals surface area contributed by atoms with E-state index in [0.717, 1.165) is 0 Å². The molecule has 0 amide bonds. The minimum absolute atomic E-state index is 0.181. The van der Waals surface area contributed by atoms with Crippen LogP contribution in [0.3, 0.4) is 0 Å². The van der Waals surface area contributed by atoms with Crippen molar-refractivity contribution in [3.63, 3.8) is 0 Å². The summed E-state index contributed by atoms with van der Waals surface area (Å²) < 4.78 is 0. The fourth-order valence-electron chi connectivity index (χ4n) is 2.71. The summed E-state index contributed by atoms with van der Waals surface area (Å²) in [5.41, 5.74) is -0.551. The molecule has 90 valence electrons. The van der Waals surface area contributed by atoms with Gasteiger partial charge in [0, 0.05) is 12.1 Å². The Balaban J connectivity index is 2.54. The highest BCUT2D eigenvalue weighted by Crippen LogP contribution is 2.34. The van der Waals surface area contributed by atoms with Crippen LogP contribution in [0.2, 0.25) is 0 Å². The van der Waals surface area contributed by atoms with E-state index < -0.39 is 5.60 Å². The van der Waals surface area contributed by atoms with Crippen LogP contribution < -0.4 is 5.32 Å². The highest BCUT2D eigenvalue weighted by atomic mass is 16.3. The second kappa shape index (κ2) is 5.31. The third-order valence-corrected chi connectivity index (χ3v) is 3.89. The lowest BCUT2D eigenvalue weighted by Crippen LogP contribution is -2.53. The topological polar surface area (TPSA) is 32.3 Å². The van der Waals surface area contributed by atoms with Crippen LogP contribution >= 0.6 is 0 Å². The normalized spacial score (nSPS) is 25.2. The van der Waals surface area contributed by atoms with Crippen LogP contribution in [-0.2, 0) is 0 Å². The molecular weight excluding hydrogens is 186 g/mol. The van der Waals surface area contributed by atoms with Crippen molar-refractivity contribution in [1.29, 1.82) is 0 Å². The number of hydrogen-bond acceptors (Lipinski definition) is 2. The Bertz CT molecular complexity index is 183. The maximum absolute atomic E-state index is 10.6. The Hall–Kier alpha value is -0.0800. The number of rotatable bonds is 4. The average Bonchev–Trinajstić information content (AvgIpc) is 2.18. The zero-order valence-corrected chi connectivity index (χ0v) is 10.7. The number of aliphatic hydroxyl groups is 1. The average molecular weight is 213 g/mol. The first kappa shape index (κ1) is 13.0. The lowest BCUT2D eigenvalue weighted by Gasteiger charge is -2.41. The van der Waals surface area contributed by atoms with Gasteiger partial charge in [-0.05, 0) is 32.6 Å². The Kier molecular flexibility index (Phi) is 4.60. The highest BCUT2D eigenvalue weighted by molar-refractivity contribution is 4.92. The van der Waals surface area contributed by atoms with Gasteiger partial charge in [-0.1, -0.05) is 33.1 Å². The fraction of sp³-hybridized carbons (Fsp3) is 1.00. The molecule has 0 aromatic rings. The standard InChI is InChI=1S/C13H27NO/c1-10(2)14-11(3)13(4,15)12-8-6-5-7-9-12/h10-12,14-15H,5-9H2,1-4H3. The number of nitrogens with one attached hydrogen (secondary N) is 1. The molecule has 1 fully saturated rings. The second-order valence-electron chi connectivity index (χ2n) is 5.60. The Morgan fingerprint density at radius 2 is 1.67 bits per heavy atom. The second-order valence-corrected chi connectivity index (χ2v) is 5.60. The van der Waals surface area contributed by atoms with E-state index in [-0.39, 0.29) is 6.04 Å². The van der Waals surface area contributed by atoms with E-state index in [2.05, 4.69) is 26.1 Å². The molecule has 0 aromatic carbocycles. The van der Waals surface area contributed by atoms with Crippen LogP contribution in [0.25, 0.3) is 0 Å². The summed E-state index contributed by atoms with van der Waals surface area (Å²) in [7, 11) is 0. The Labute approximate surface area is 94.5 Å². The first-order valence-electron chi connectivity index (χ1n) is 6.43. The summed E-state index contributed by atoms with van der Waals surface area (Å²) in [5.74, 6) is 0.479. The molecule has 0 saturated heterocycles. The summed E-state index contributed by atoms with van der Waals surface area (Å²) >= 11 is 0. The van der Waals surface area contributed by atoms with Gasteiger partial charge in [0.05, 0.1) is 5.60 Å². The third-order valence-electron chi connectivity index (χ3n) is 3.89. The van der Waals surface area contributed by atoms with Crippen LogP contribution in [0, 0.1) is 5.92 Å². The monoisotopic (exact) mass is 213 g/mol. The van der Waals surface area contributed by atoms with E-state index in [0.29, 0.717) is 12.0 Å². The lowest BCUT2D eigenvalue weighted by molar-refractivity contribution is -0.0448. The van der Waals surface area contributed by atoms with Crippen LogP contribution in [0.5, 0.6) is 0 Å². The van der Waals surface area contributed by atoms with Gasteiger partial charge in [-0.2, -0.15) is 0 Å². The third kappa shape index (κ3) is 3.46. The molecule has 2 atom stereocenters. The minimum atomic E-state index is -0.551. The van der Waals surface area contributed by atoms with Gasteiger partial charge in [-0.15, -0.1) is 0 Å². The van der Waals surface area contributed by atoms with Crippen molar-refractivity contribution in [2.24, 2.45) is 5.92 Å². The Morgan fingerprint density at radius 3 is 2.13 bits per heavy atom. The molecule has 2 N–H and O–H groups in total. The molecule has 0 heterocycles. The van der Waals surface area contributed by atoms with E-state index in [1.165, 1.54) is 32.1 Å². The molecule has 1 rings (SSSR count). The number of hydrogen-bond donors (Lipinski definition) is 2. The molecule has 15 heavy (non-hydrogen) atoms. The predicted molar refractivity (Wildman–Crippen MR) is 64.9 cm³/mol. The maximum Gasteiger partial charge on any atom is 0.0797 e. The fourth-order valence-corrected chi connectivity index (χ4v) is 2.71. The van der Waals surface area contributed by atoms with Crippen molar-refractivity contribution in [2.75, 3.05) is 0 Å². The molecule has 2 nitrogen and oxygen atoms in total. The molecule has 2 unspecified atom stereocenters. The van der Waals surface area contributed by atoms with Crippen LogP contribution in [0.15, 0.2) is 0 Å². The van der Waals surface area contributed by atoms with Crippen LogP contribution in [0.1, 0.15) is 59.8 Å². The van der Waals surface area contributed by atoms with Crippen molar-refractivity contribution >= 4 is 0 Å². The highest BCUT2D eigenvalue weighted by Gasteiger charge is 2.37. The quantitative estimate of drug-likeness (QED) is 0.752. The molecule has 1 saturated carbocycles. The van der Waals surface area contributed by atoms with Crippen molar-refractivity contribution in [2.45, 2.75) is 77.5 Å². The molecule has 0 radical (unpaired) electrons. The van der Waals surface area contributed by atoms with E-state index in [4.69, 9.17) is 0 Å². The van der Waals surface area contributed by atoms with Crippen LogP contribution in [-0.4, -0.2) is 22.8 Å². The van der Waals surface area contributed by atoms with E-state index in [1.54, 1.807) is 0 Å². The molecule has 2 heteroatoms. The first-order valence-corrected chi connectivity index (χ1v) is 6.43. The van der Waals surface area contributed by atoms with Gasteiger partial charge in [-0.25, -0.2) is 0 Å². The van der Waals surface area contributed by atoms with Gasteiger partial charge >= 0.3 is 0 Å². The molecule has 0 aromatic heterocycles. The largest absolute Gasteiger partial charge is 0.388 e. The Morgan fingerprint density at radius 1 is 1.13 bits per heavy atom. The SMILES string of the molecule is CC(C)NC(C)C(C)(O)C1CCCCC1. The van der Waals surface area contributed by atoms with Gasteiger partial charge in [0.25, 0.3) is 0 Å². The van der Waals surface area contributed by atoms with Gasteiger partial charge in [0.2, 0.25) is 0 Å². The van der Waals surface area contributed by atoms with E-state index in [1.807, 2.05) is 6.92 Å².